The van der Waals surface area contributed by atoms with Crippen molar-refractivity contribution in [3.8, 4) is 0 Å². The number of amides is 2. The van der Waals surface area contributed by atoms with E-state index in [9.17, 15) is 4.79 Å². The summed E-state index contributed by atoms with van der Waals surface area (Å²) >= 11 is 0. The fourth-order valence-electron chi connectivity index (χ4n) is 2.55. The number of carbonyl (C=O) groups excluding carboxylic acids is 1. The number of aromatic nitrogens is 2. The van der Waals surface area contributed by atoms with E-state index < -0.39 is 0 Å². The van der Waals surface area contributed by atoms with Gasteiger partial charge in [-0.1, -0.05) is 18.2 Å². The number of imidazole rings is 1. The van der Waals surface area contributed by atoms with Gasteiger partial charge in [0.1, 0.15) is 5.65 Å². The van der Waals surface area contributed by atoms with Gasteiger partial charge in [0.15, 0.2) is 0 Å². The van der Waals surface area contributed by atoms with Crippen LogP contribution in [-0.2, 0) is 6.42 Å². The summed E-state index contributed by atoms with van der Waals surface area (Å²) in [6, 6.07) is 13.4. The highest BCUT2D eigenvalue weighted by Crippen LogP contribution is 2.23. The molecule has 0 saturated carbocycles. The van der Waals surface area contributed by atoms with Crippen molar-refractivity contribution in [1.82, 2.24) is 14.7 Å². The molecule has 6 nitrogen and oxygen atoms in total. The Hall–Kier alpha value is -3.02. The maximum absolute atomic E-state index is 12.1. The normalized spacial score (nSPS) is 10.6. The van der Waals surface area contributed by atoms with Crippen molar-refractivity contribution in [1.29, 1.82) is 0 Å². The lowest BCUT2D eigenvalue weighted by molar-refractivity contribution is 0.252. The first-order chi connectivity index (χ1) is 11.6. The van der Waals surface area contributed by atoms with Gasteiger partial charge in [0, 0.05) is 39.5 Å². The van der Waals surface area contributed by atoms with Gasteiger partial charge in [0.05, 0.1) is 17.1 Å². The monoisotopic (exact) mass is 323 g/mol. The van der Waals surface area contributed by atoms with Gasteiger partial charge < -0.3 is 19.9 Å². The SMILES string of the molecule is CN(C)c1ccccc1NC(=O)NCCc1cn2ccccc2n1. The summed E-state index contributed by atoms with van der Waals surface area (Å²) in [5.74, 6) is 0. The Morgan fingerprint density at radius 1 is 1.17 bits per heavy atom. The molecule has 0 radical (unpaired) electrons. The molecule has 0 aliphatic carbocycles. The van der Waals surface area contributed by atoms with Crippen LogP contribution in [0.4, 0.5) is 16.2 Å². The Morgan fingerprint density at radius 2 is 1.96 bits per heavy atom. The number of nitrogens with zero attached hydrogens (tertiary/aromatic N) is 3. The van der Waals surface area contributed by atoms with Gasteiger partial charge in [-0.3, -0.25) is 0 Å². The third-order valence-electron chi connectivity index (χ3n) is 3.71. The summed E-state index contributed by atoms with van der Waals surface area (Å²) in [5.41, 5.74) is 3.62. The minimum Gasteiger partial charge on any atom is -0.376 e. The quantitative estimate of drug-likeness (QED) is 0.759. The molecule has 0 aliphatic heterocycles. The first-order valence-electron chi connectivity index (χ1n) is 7.87. The number of hydrogen-bond acceptors (Lipinski definition) is 3. The fourth-order valence-corrected chi connectivity index (χ4v) is 2.55. The maximum Gasteiger partial charge on any atom is 0.319 e. The van der Waals surface area contributed by atoms with Gasteiger partial charge in [0.25, 0.3) is 0 Å². The smallest absolute Gasteiger partial charge is 0.319 e. The molecule has 0 fully saturated rings. The minimum absolute atomic E-state index is 0.215. The Balaban J connectivity index is 1.54. The van der Waals surface area contributed by atoms with E-state index in [2.05, 4.69) is 15.6 Å². The standard InChI is InChI=1S/C18H21N5O/c1-22(2)16-8-4-3-7-15(16)21-18(24)19-11-10-14-13-23-12-6-5-9-17(23)20-14/h3-9,12-13H,10-11H2,1-2H3,(H2,19,21,24). The third kappa shape index (κ3) is 3.65. The van der Waals surface area contributed by atoms with Crippen LogP contribution in [0.2, 0.25) is 0 Å². The average Bonchev–Trinajstić information content (AvgIpc) is 2.97. The van der Waals surface area contributed by atoms with Crippen molar-refractivity contribution in [2.24, 2.45) is 0 Å². The molecule has 124 valence electrons. The number of benzene rings is 1. The summed E-state index contributed by atoms with van der Waals surface area (Å²) in [4.78, 5) is 18.6. The van der Waals surface area contributed by atoms with E-state index in [-0.39, 0.29) is 6.03 Å². The van der Waals surface area contributed by atoms with E-state index >= 15 is 0 Å². The summed E-state index contributed by atoms with van der Waals surface area (Å²) in [7, 11) is 3.89. The van der Waals surface area contributed by atoms with Crippen molar-refractivity contribution in [3.05, 3.63) is 60.6 Å². The lowest BCUT2D eigenvalue weighted by Crippen LogP contribution is -2.31. The van der Waals surface area contributed by atoms with Crippen LogP contribution in [0.3, 0.4) is 0 Å². The number of urea groups is 1. The predicted molar refractivity (Wildman–Crippen MR) is 96.7 cm³/mol. The van der Waals surface area contributed by atoms with Gasteiger partial charge in [-0.2, -0.15) is 0 Å². The average molecular weight is 323 g/mol. The molecule has 6 heteroatoms. The lowest BCUT2D eigenvalue weighted by atomic mass is 10.2. The zero-order valence-corrected chi connectivity index (χ0v) is 13.9. The molecule has 0 bridgehead atoms. The van der Waals surface area contributed by atoms with Crippen molar-refractivity contribution < 1.29 is 4.79 Å². The first kappa shape index (κ1) is 15.9. The van der Waals surface area contributed by atoms with E-state index in [1.54, 1.807) is 0 Å². The number of hydrogen-bond donors (Lipinski definition) is 2. The Kier molecular flexibility index (Phi) is 4.65. The Bertz CT molecular complexity index is 807. The van der Waals surface area contributed by atoms with Crippen LogP contribution in [0, 0.1) is 0 Å². The lowest BCUT2D eigenvalue weighted by Gasteiger charge is -2.17. The van der Waals surface area contributed by atoms with E-state index in [0.29, 0.717) is 13.0 Å². The molecule has 3 rings (SSSR count). The van der Waals surface area contributed by atoms with Crippen LogP contribution in [0.5, 0.6) is 0 Å². The summed E-state index contributed by atoms with van der Waals surface area (Å²) < 4.78 is 1.97. The second kappa shape index (κ2) is 7.04. The van der Waals surface area contributed by atoms with Crippen molar-refractivity contribution in [2.45, 2.75) is 6.42 Å². The largest absolute Gasteiger partial charge is 0.376 e. The number of anilines is 2. The van der Waals surface area contributed by atoms with Gasteiger partial charge >= 0.3 is 6.03 Å². The topological polar surface area (TPSA) is 61.7 Å². The highest BCUT2D eigenvalue weighted by Gasteiger charge is 2.07. The van der Waals surface area contributed by atoms with Crippen LogP contribution in [-0.4, -0.2) is 36.1 Å². The minimum atomic E-state index is -0.215. The van der Waals surface area contributed by atoms with Gasteiger partial charge in [-0.05, 0) is 24.3 Å². The molecule has 0 aliphatic rings. The molecule has 0 saturated heterocycles. The Morgan fingerprint density at radius 3 is 2.75 bits per heavy atom. The zero-order chi connectivity index (χ0) is 16.9. The van der Waals surface area contributed by atoms with E-state index in [1.165, 1.54) is 0 Å². The molecule has 0 atom stereocenters. The second-order valence-electron chi connectivity index (χ2n) is 5.74. The molecule has 2 aromatic heterocycles. The van der Waals surface area contributed by atoms with Gasteiger partial charge in [0.2, 0.25) is 0 Å². The second-order valence-corrected chi connectivity index (χ2v) is 5.74. The highest BCUT2D eigenvalue weighted by atomic mass is 16.2. The van der Waals surface area contributed by atoms with Gasteiger partial charge in [-0.25, -0.2) is 9.78 Å². The summed E-state index contributed by atoms with van der Waals surface area (Å²) in [5, 5.41) is 5.76. The van der Waals surface area contributed by atoms with Crippen molar-refractivity contribution in [3.63, 3.8) is 0 Å². The molecule has 2 heterocycles. The van der Waals surface area contributed by atoms with Crippen molar-refractivity contribution in [2.75, 3.05) is 30.9 Å². The number of pyridine rings is 1. The molecule has 0 unspecified atom stereocenters. The molecule has 2 N–H and O–H groups in total. The first-order valence-corrected chi connectivity index (χ1v) is 7.87. The molecule has 3 aromatic rings. The van der Waals surface area contributed by atoms with Crippen LogP contribution in [0.1, 0.15) is 5.69 Å². The fraction of sp³-hybridized carbons (Fsp3) is 0.222. The highest BCUT2D eigenvalue weighted by molar-refractivity contribution is 5.93. The summed E-state index contributed by atoms with van der Waals surface area (Å²) in [6.45, 7) is 0.528. The number of para-hydroxylation sites is 2. The zero-order valence-electron chi connectivity index (χ0n) is 13.9. The molecule has 2 amide bonds. The molecular formula is C18H21N5O. The van der Waals surface area contributed by atoms with Crippen LogP contribution < -0.4 is 15.5 Å². The maximum atomic E-state index is 12.1. The number of carbonyl (C=O) groups is 1. The van der Waals surface area contributed by atoms with Crippen LogP contribution >= 0.6 is 0 Å². The summed E-state index contributed by atoms with van der Waals surface area (Å²) in [6.07, 6.45) is 4.63. The van der Waals surface area contributed by atoms with Crippen LogP contribution in [0.25, 0.3) is 5.65 Å². The molecule has 24 heavy (non-hydrogen) atoms. The van der Waals surface area contributed by atoms with E-state index in [4.69, 9.17) is 0 Å². The number of nitrogens with one attached hydrogen (secondary N) is 2. The van der Waals surface area contributed by atoms with E-state index in [0.717, 1.165) is 22.7 Å². The molecule has 1 aromatic carbocycles. The van der Waals surface area contributed by atoms with Crippen LogP contribution in [0.15, 0.2) is 54.9 Å². The third-order valence-corrected chi connectivity index (χ3v) is 3.71. The molecular weight excluding hydrogens is 302 g/mol. The number of rotatable bonds is 5. The predicted octanol–water partition coefficient (Wildman–Crippen LogP) is 2.76. The van der Waals surface area contributed by atoms with Crippen molar-refractivity contribution >= 4 is 23.1 Å². The Labute approximate surface area is 141 Å². The van der Waals surface area contributed by atoms with E-state index in [1.807, 2.05) is 78.3 Å². The molecule has 0 spiro atoms. The number of fused-ring (bicyclic) bond motifs is 1. The van der Waals surface area contributed by atoms with Gasteiger partial charge in [-0.15, -0.1) is 0 Å².